The first-order chi connectivity index (χ1) is 13.2. The first-order valence-electron chi connectivity index (χ1n) is 9.79. The quantitative estimate of drug-likeness (QED) is 0.346. The van der Waals surface area contributed by atoms with Crippen molar-refractivity contribution in [2.75, 3.05) is 19.8 Å². The summed E-state index contributed by atoms with van der Waals surface area (Å²) in [5.74, 6) is -0.0551. The Kier molecular flexibility index (Phi) is 9.09. The van der Waals surface area contributed by atoms with E-state index >= 15 is 0 Å². The lowest BCUT2D eigenvalue weighted by Gasteiger charge is -2.28. The SMILES string of the molecule is CCCCCCC1OCC(C(=O)Oc2ccc(OCCC)c(C#N)c2)CO1. The van der Waals surface area contributed by atoms with E-state index in [9.17, 15) is 10.1 Å². The maximum absolute atomic E-state index is 12.3. The third-order valence-corrected chi connectivity index (χ3v) is 4.34. The predicted molar refractivity (Wildman–Crippen MR) is 101 cm³/mol. The zero-order valence-electron chi connectivity index (χ0n) is 16.2. The second-order valence-electron chi connectivity index (χ2n) is 6.68. The smallest absolute Gasteiger partial charge is 0.319 e. The van der Waals surface area contributed by atoms with Gasteiger partial charge in [0.25, 0.3) is 0 Å². The van der Waals surface area contributed by atoms with Crippen molar-refractivity contribution in [1.29, 1.82) is 5.26 Å². The van der Waals surface area contributed by atoms with E-state index in [2.05, 4.69) is 13.0 Å². The summed E-state index contributed by atoms with van der Waals surface area (Å²) in [5.41, 5.74) is 0.344. The molecule has 1 aliphatic heterocycles. The first-order valence-corrected chi connectivity index (χ1v) is 9.79. The van der Waals surface area contributed by atoms with Crippen molar-refractivity contribution in [1.82, 2.24) is 0 Å². The summed E-state index contributed by atoms with van der Waals surface area (Å²) in [7, 11) is 0. The molecule has 1 aromatic rings. The fourth-order valence-electron chi connectivity index (χ4n) is 2.78. The van der Waals surface area contributed by atoms with Crippen LogP contribution in [-0.2, 0) is 14.3 Å². The van der Waals surface area contributed by atoms with Crippen molar-refractivity contribution in [2.45, 2.75) is 58.7 Å². The highest BCUT2D eigenvalue weighted by Gasteiger charge is 2.29. The first kappa shape index (κ1) is 21.2. The molecule has 0 aliphatic carbocycles. The van der Waals surface area contributed by atoms with E-state index in [1.165, 1.54) is 25.3 Å². The Morgan fingerprint density at radius 1 is 1.19 bits per heavy atom. The third-order valence-electron chi connectivity index (χ3n) is 4.34. The van der Waals surface area contributed by atoms with E-state index in [0.717, 1.165) is 19.3 Å². The van der Waals surface area contributed by atoms with Crippen molar-refractivity contribution < 1.29 is 23.7 Å². The van der Waals surface area contributed by atoms with Crippen LogP contribution in [0.1, 0.15) is 57.9 Å². The molecule has 6 nitrogen and oxygen atoms in total. The molecule has 0 saturated carbocycles. The largest absolute Gasteiger partial charge is 0.492 e. The second-order valence-corrected chi connectivity index (χ2v) is 6.68. The molecular weight excluding hydrogens is 346 g/mol. The molecule has 0 amide bonds. The standard InChI is InChI=1S/C21H29NO5/c1-3-5-6-7-8-20-25-14-17(15-26-20)21(23)27-18-9-10-19(24-11-4-2)16(12-18)13-22/h9-10,12,17,20H,3-8,11,14-15H2,1-2H3. The van der Waals surface area contributed by atoms with E-state index in [1.54, 1.807) is 12.1 Å². The molecule has 0 atom stereocenters. The fraction of sp³-hybridized carbons (Fsp3) is 0.619. The highest BCUT2D eigenvalue weighted by atomic mass is 16.7. The Labute approximate surface area is 161 Å². The van der Waals surface area contributed by atoms with Crippen LogP contribution in [0, 0.1) is 17.2 Å². The van der Waals surface area contributed by atoms with Crippen molar-refractivity contribution in [3.63, 3.8) is 0 Å². The number of hydrogen-bond acceptors (Lipinski definition) is 6. The van der Waals surface area contributed by atoms with Gasteiger partial charge in [-0.3, -0.25) is 4.79 Å². The Hall–Kier alpha value is -2.10. The molecule has 27 heavy (non-hydrogen) atoms. The van der Waals surface area contributed by atoms with Gasteiger partial charge in [0.15, 0.2) is 6.29 Å². The number of esters is 1. The van der Waals surface area contributed by atoms with Gasteiger partial charge in [-0.1, -0.05) is 33.1 Å². The highest BCUT2D eigenvalue weighted by Crippen LogP contribution is 2.25. The number of nitrogens with zero attached hydrogens (tertiary/aromatic N) is 1. The third kappa shape index (κ3) is 6.85. The Bertz CT molecular complexity index is 632. The van der Waals surface area contributed by atoms with E-state index < -0.39 is 11.9 Å². The van der Waals surface area contributed by atoms with Gasteiger partial charge < -0.3 is 18.9 Å². The summed E-state index contributed by atoms with van der Waals surface area (Å²) < 4.78 is 22.2. The van der Waals surface area contributed by atoms with Crippen molar-refractivity contribution in [3.8, 4) is 17.6 Å². The second kappa shape index (κ2) is 11.6. The van der Waals surface area contributed by atoms with Crippen molar-refractivity contribution >= 4 is 5.97 Å². The molecule has 1 saturated heterocycles. The number of carbonyl (C=O) groups excluding carboxylic acids is 1. The van der Waals surface area contributed by atoms with E-state index in [0.29, 0.717) is 36.9 Å². The number of nitriles is 1. The zero-order valence-corrected chi connectivity index (χ0v) is 16.2. The summed E-state index contributed by atoms with van der Waals surface area (Å²) in [6.07, 6.45) is 6.12. The average molecular weight is 375 g/mol. The lowest BCUT2D eigenvalue weighted by atomic mass is 10.1. The lowest BCUT2D eigenvalue weighted by Crippen LogP contribution is -2.38. The van der Waals surface area contributed by atoms with Crippen LogP contribution >= 0.6 is 0 Å². The molecule has 1 heterocycles. The summed E-state index contributed by atoms with van der Waals surface area (Å²) in [6.45, 7) is 5.28. The lowest BCUT2D eigenvalue weighted by molar-refractivity contribution is -0.208. The number of rotatable bonds is 10. The normalized spacial score (nSPS) is 19.3. The van der Waals surface area contributed by atoms with Crippen molar-refractivity contribution in [2.24, 2.45) is 5.92 Å². The van der Waals surface area contributed by atoms with Gasteiger partial charge in [0, 0.05) is 6.07 Å². The molecule has 0 unspecified atom stereocenters. The Balaban J connectivity index is 1.81. The average Bonchev–Trinajstić information content (AvgIpc) is 2.70. The number of hydrogen-bond donors (Lipinski definition) is 0. The molecular formula is C21H29NO5. The van der Waals surface area contributed by atoms with Gasteiger partial charge in [0.1, 0.15) is 23.5 Å². The zero-order chi connectivity index (χ0) is 19.5. The molecule has 1 aromatic carbocycles. The predicted octanol–water partition coefficient (Wildman–Crippen LogP) is 4.21. The number of ether oxygens (including phenoxy) is 4. The minimum Gasteiger partial charge on any atom is -0.492 e. The maximum Gasteiger partial charge on any atom is 0.319 e. The molecule has 0 spiro atoms. The van der Waals surface area contributed by atoms with E-state index in [-0.39, 0.29) is 6.29 Å². The molecule has 0 N–H and O–H groups in total. The van der Waals surface area contributed by atoms with Crippen LogP contribution in [0.4, 0.5) is 0 Å². The number of benzene rings is 1. The molecule has 0 radical (unpaired) electrons. The molecule has 2 rings (SSSR count). The van der Waals surface area contributed by atoms with Gasteiger partial charge in [0.05, 0.1) is 25.4 Å². The minimum absolute atomic E-state index is 0.230. The Morgan fingerprint density at radius 2 is 1.96 bits per heavy atom. The molecule has 148 valence electrons. The summed E-state index contributed by atoms with van der Waals surface area (Å²) >= 11 is 0. The van der Waals surface area contributed by atoms with Gasteiger partial charge in [-0.25, -0.2) is 0 Å². The van der Waals surface area contributed by atoms with E-state index in [4.69, 9.17) is 18.9 Å². The summed E-state index contributed by atoms with van der Waals surface area (Å²) in [5, 5.41) is 9.25. The van der Waals surface area contributed by atoms with Crippen LogP contribution in [0.15, 0.2) is 18.2 Å². The highest BCUT2D eigenvalue weighted by molar-refractivity contribution is 5.75. The van der Waals surface area contributed by atoms with Crippen LogP contribution < -0.4 is 9.47 Å². The monoisotopic (exact) mass is 375 g/mol. The molecule has 0 aromatic heterocycles. The van der Waals surface area contributed by atoms with Crippen LogP contribution in [-0.4, -0.2) is 32.1 Å². The summed E-state index contributed by atoms with van der Waals surface area (Å²) in [6, 6.07) is 6.86. The Morgan fingerprint density at radius 3 is 2.63 bits per heavy atom. The van der Waals surface area contributed by atoms with Gasteiger partial charge >= 0.3 is 5.97 Å². The molecule has 0 bridgehead atoms. The van der Waals surface area contributed by atoms with Gasteiger partial charge in [-0.05, 0) is 31.4 Å². The molecule has 6 heteroatoms. The molecule has 1 aliphatic rings. The van der Waals surface area contributed by atoms with E-state index in [1.807, 2.05) is 6.92 Å². The fourth-order valence-corrected chi connectivity index (χ4v) is 2.78. The molecule has 1 fully saturated rings. The van der Waals surface area contributed by atoms with Crippen molar-refractivity contribution in [3.05, 3.63) is 23.8 Å². The summed E-state index contributed by atoms with van der Waals surface area (Å²) in [4.78, 5) is 12.3. The topological polar surface area (TPSA) is 77.8 Å². The van der Waals surface area contributed by atoms with Gasteiger partial charge in [-0.15, -0.1) is 0 Å². The minimum atomic E-state index is -0.460. The maximum atomic E-state index is 12.3. The van der Waals surface area contributed by atoms with Crippen LogP contribution in [0.5, 0.6) is 11.5 Å². The van der Waals surface area contributed by atoms with Gasteiger partial charge in [-0.2, -0.15) is 5.26 Å². The van der Waals surface area contributed by atoms with Crippen LogP contribution in [0.3, 0.4) is 0 Å². The number of unbranched alkanes of at least 4 members (excludes halogenated alkanes) is 3. The number of carbonyl (C=O) groups is 1. The van der Waals surface area contributed by atoms with Gasteiger partial charge in [0.2, 0.25) is 0 Å². The van der Waals surface area contributed by atoms with Crippen LogP contribution in [0.25, 0.3) is 0 Å². The van der Waals surface area contributed by atoms with Crippen LogP contribution in [0.2, 0.25) is 0 Å².